The van der Waals surface area contributed by atoms with E-state index in [1.54, 1.807) is 17.9 Å². The molecule has 8 heteroatoms. The van der Waals surface area contributed by atoms with Crippen LogP contribution in [-0.4, -0.2) is 29.3 Å². The highest BCUT2D eigenvalue weighted by Gasteiger charge is 2.27. The Labute approximate surface area is 160 Å². The SMILES string of the molecule is COc1ccc(-c2cc3n(n2)[C@H](NCc2cc(F)cc(F)c2)CNC3=O)cc1. The molecule has 2 heterocycles. The molecule has 28 heavy (non-hydrogen) atoms. The molecular weight excluding hydrogens is 366 g/mol. The zero-order valence-electron chi connectivity index (χ0n) is 15.1. The van der Waals surface area contributed by atoms with Crippen LogP contribution in [0.5, 0.6) is 5.75 Å². The molecule has 4 rings (SSSR count). The monoisotopic (exact) mass is 384 g/mol. The van der Waals surface area contributed by atoms with Crippen LogP contribution >= 0.6 is 0 Å². The molecule has 0 fully saturated rings. The molecule has 0 unspecified atom stereocenters. The van der Waals surface area contributed by atoms with Gasteiger partial charge < -0.3 is 10.1 Å². The number of nitrogens with zero attached hydrogens (tertiary/aromatic N) is 2. The molecule has 1 aliphatic heterocycles. The average Bonchev–Trinajstić information content (AvgIpc) is 3.13. The molecular formula is C20H18F2N4O2. The number of amides is 1. The summed E-state index contributed by atoms with van der Waals surface area (Å²) in [5.41, 5.74) is 2.39. The Balaban J connectivity index is 1.57. The van der Waals surface area contributed by atoms with E-state index in [-0.39, 0.29) is 18.6 Å². The highest BCUT2D eigenvalue weighted by Crippen LogP contribution is 2.25. The molecule has 1 amide bonds. The number of ether oxygens (including phenoxy) is 1. The van der Waals surface area contributed by atoms with Crippen molar-refractivity contribution in [1.29, 1.82) is 0 Å². The standard InChI is InChI=1S/C20H18F2N4O2/c1-28-16-4-2-13(3-5-16)17-9-18-20(27)24-11-19(26(18)25-17)23-10-12-6-14(21)8-15(22)7-12/h2-9,19,23H,10-11H2,1H3,(H,24,27)/t19-/m0/s1. The number of aromatic nitrogens is 2. The molecule has 1 aliphatic rings. The predicted octanol–water partition coefficient (Wildman–Crippen LogP) is 2.87. The number of fused-ring (bicyclic) bond motifs is 1. The van der Waals surface area contributed by atoms with E-state index in [9.17, 15) is 13.6 Å². The topological polar surface area (TPSA) is 68.2 Å². The molecule has 0 saturated heterocycles. The van der Waals surface area contributed by atoms with Crippen LogP contribution in [-0.2, 0) is 6.54 Å². The Morgan fingerprint density at radius 2 is 1.89 bits per heavy atom. The lowest BCUT2D eigenvalue weighted by Crippen LogP contribution is -2.45. The molecule has 3 aromatic rings. The minimum Gasteiger partial charge on any atom is -0.497 e. The van der Waals surface area contributed by atoms with Crippen LogP contribution in [0.15, 0.2) is 48.5 Å². The van der Waals surface area contributed by atoms with Gasteiger partial charge in [0.25, 0.3) is 5.91 Å². The van der Waals surface area contributed by atoms with Gasteiger partial charge in [-0.05, 0) is 48.0 Å². The Hall–Kier alpha value is -3.26. The van der Waals surface area contributed by atoms with E-state index >= 15 is 0 Å². The second-order valence-electron chi connectivity index (χ2n) is 6.47. The molecule has 2 aromatic carbocycles. The third-order valence-corrected chi connectivity index (χ3v) is 4.57. The Kier molecular flexibility index (Phi) is 4.79. The highest BCUT2D eigenvalue weighted by molar-refractivity contribution is 5.94. The summed E-state index contributed by atoms with van der Waals surface area (Å²) in [7, 11) is 1.59. The van der Waals surface area contributed by atoms with Crippen molar-refractivity contribution in [3.05, 3.63) is 71.4 Å². The normalized spacial score (nSPS) is 15.8. The lowest BCUT2D eigenvalue weighted by Gasteiger charge is -2.25. The number of halogens is 2. The molecule has 144 valence electrons. The van der Waals surface area contributed by atoms with Gasteiger partial charge in [-0.1, -0.05) is 0 Å². The van der Waals surface area contributed by atoms with Crippen LogP contribution in [0.25, 0.3) is 11.3 Å². The van der Waals surface area contributed by atoms with Crippen molar-refractivity contribution in [2.24, 2.45) is 0 Å². The van der Waals surface area contributed by atoms with Crippen molar-refractivity contribution in [2.75, 3.05) is 13.7 Å². The molecule has 1 aromatic heterocycles. The van der Waals surface area contributed by atoms with Gasteiger partial charge in [-0.3, -0.25) is 10.1 Å². The largest absolute Gasteiger partial charge is 0.497 e. The first kappa shape index (κ1) is 18.1. The lowest BCUT2D eigenvalue weighted by molar-refractivity contribution is 0.0900. The van der Waals surface area contributed by atoms with Crippen molar-refractivity contribution in [1.82, 2.24) is 20.4 Å². The highest BCUT2D eigenvalue weighted by atomic mass is 19.1. The van der Waals surface area contributed by atoms with Crippen molar-refractivity contribution in [3.63, 3.8) is 0 Å². The van der Waals surface area contributed by atoms with E-state index in [0.29, 0.717) is 23.5 Å². The number of carbonyl (C=O) groups is 1. The fraction of sp³-hybridized carbons (Fsp3) is 0.200. The minimum absolute atomic E-state index is 0.220. The van der Waals surface area contributed by atoms with E-state index in [0.717, 1.165) is 17.4 Å². The average molecular weight is 384 g/mol. The maximum atomic E-state index is 13.4. The Morgan fingerprint density at radius 3 is 2.57 bits per heavy atom. The molecule has 0 spiro atoms. The van der Waals surface area contributed by atoms with Crippen LogP contribution < -0.4 is 15.4 Å². The smallest absolute Gasteiger partial charge is 0.269 e. The quantitative estimate of drug-likeness (QED) is 0.710. The summed E-state index contributed by atoms with van der Waals surface area (Å²) >= 11 is 0. The van der Waals surface area contributed by atoms with Gasteiger partial charge in [-0.2, -0.15) is 5.10 Å². The number of hydrogen-bond donors (Lipinski definition) is 2. The van der Waals surface area contributed by atoms with Crippen LogP contribution in [0.4, 0.5) is 8.78 Å². The Morgan fingerprint density at radius 1 is 1.18 bits per heavy atom. The van der Waals surface area contributed by atoms with Gasteiger partial charge in [-0.25, -0.2) is 13.5 Å². The second-order valence-corrected chi connectivity index (χ2v) is 6.47. The van der Waals surface area contributed by atoms with E-state index in [1.807, 2.05) is 24.3 Å². The maximum absolute atomic E-state index is 13.4. The molecule has 0 radical (unpaired) electrons. The number of rotatable bonds is 5. The number of carbonyl (C=O) groups excluding carboxylic acids is 1. The molecule has 0 aliphatic carbocycles. The van der Waals surface area contributed by atoms with Gasteiger partial charge in [0, 0.05) is 18.2 Å². The summed E-state index contributed by atoms with van der Waals surface area (Å²) in [4.78, 5) is 12.2. The van der Waals surface area contributed by atoms with Crippen molar-refractivity contribution < 1.29 is 18.3 Å². The van der Waals surface area contributed by atoms with Crippen molar-refractivity contribution in [3.8, 4) is 17.0 Å². The lowest BCUT2D eigenvalue weighted by atomic mass is 10.1. The van der Waals surface area contributed by atoms with Crippen LogP contribution in [0, 0.1) is 11.6 Å². The van der Waals surface area contributed by atoms with Gasteiger partial charge in [0.05, 0.1) is 19.3 Å². The first-order chi connectivity index (χ1) is 13.5. The van der Waals surface area contributed by atoms with Crippen molar-refractivity contribution >= 4 is 5.91 Å². The molecule has 2 N–H and O–H groups in total. The summed E-state index contributed by atoms with van der Waals surface area (Å²) in [6.45, 7) is 0.541. The zero-order valence-corrected chi connectivity index (χ0v) is 15.1. The van der Waals surface area contributed by atoms with Gasteiger partial charge >= 0.3 is 0 Å². The Bertz CT molecular complexity index is 997. The van der Waals surface area contributed by atoms with Crippen LogP contribution in [0.2, 0.25) is 0 Å². The fourth-order valence-corrected chi connectivity index (χ4v) is 3.18. The summed E-state index contributed by atoms with van der Waals surface area (Å²) in [6.07, 6.45) is -0.342. The third-order valence-electron chi connectivity index (χ3n) is 4.57. The summed E-state index contributed by atoms with van der Waals surface area (Å²) in [6, 6.07) is 12.5. The number of methoxy groups -OCH3 is 1. The molecule has 6 nitrogen and oxygen atoms in total. The van der Waals surface area contributed by atoms with E-state index in [4.69, 9.17) is 4.74 Å². The molecule has 1 atom stereocenters. The number of nitrogens with one attached hydrogen (secondary N) is 2. The fourth-order valence-electron chi connectivity index (χ4n) is 3.18. The first-order valence-corrected chi connectivity index (χ1v) is 8.74. The molecule has 0 bridgehead atoms. The van der Waals surface area contributed by atoms with Gasteiger partial charge in [-0.15, -0.1) is 0 Å². The summed E-state index contributed by atoms with van der Waals surface area (Å²) < 4.78 is 33.5. The summed E-state index contributed by atoms with van der Waals surface area (Å²) in [5.74, 6) is -0.750. The second kappa shape index (κ2) is 7.40. The molecule has 0 saturated carbocycles. The maximum Gasteiger partial charge on any atom is 0.269 e. The first-order valence-electron chi connectivity index (χ1n) is 8.74. The minimum atomic E-state index is -0.629. The number of hydrogen-bond acceptors (Lipinski definition) is 4. The van der Waals surface area contributed by atoms with E-state index < -0.39 is 11.6 Å². The van der Waals surface area contributed by atoms with Gasteiger partial charge in [0.15, 0.2) is 0 Å². The van der Waals surface area contributed by atoms with Crippen LogP contribution in [0.1, 0.15) is 22.2 Å². The third kappa shape index (κ3) is 3.59. The number of benzene rings is 2. The zero-order chi connectivity index (χ0) is 19.7. The van der Waals surface area contributed by atoms with Gasteiger partial charge in [0.2, 0.25) is 0 Å². The van der Waals surface area contributed by atoms with E-state index in [1.165, 1.54) is 12.1 Å². The van der Waals surface area contributed by atoms with Crippen molar-refractivity contribution in [2.45, 2.75) is 12.7 Å². The predicted molar refractivity (Wildman–Crippen MR) is 98.8 cm³/mol. The van der Waals surface area contributed by atoms with E-state index in [2.05, 4.69) is 15.7 Å². The van der Waals surface area contributed by atoms with Gasteiger partial charge in [0.1, 0.15) is 29.2 Å². The summed E-state index contributed by atoms with van der Waals surface area (Å²) in [5, 5.41) is 10.5. The van der Waals surface area contributed by atoms with Crippen LogP contribution in [0.3, 0.4) is 0 Å².